The molecule has 0 aromatic heterocycles. The molecule has 1 aliphatic rings. The summed E-state index contributed by atoms with van der Waals surface area (Å²) < 4.78 is 18.3. The Bertz CT molecular complexity index is 678. The first-order valence-corrected chi connectivity index (χ1v) is 9.41. The fourth-order valence-electron chi connectivity index (χ4n) is 2.97. The molecule has 1 saturated heterocycles. The summed E-state index contributed by atoms with van der Waals surface area (Å²) in [5.74, 6) is 1.52. The Morgan fingerprint density at radius 2 is 2.04 bits per heavy atom. The van der Waals surface area contributed by atoms with Crippen molar-refractivity contribution in [1.82, 2.24) is 5.32 Å². The van der Waals surface area contributed by atoms with Gasteiger partial charge in [-0.3, -0.25) is 0 Å². The predicted octanol–water partition coefficient (Wildman–Crippen LogP) is 4.73. The Morgan fingerprint density at radius 1 is 1.23 bits per heavy atom. The molecule has 142 valence electrons. The average molecular weight is 443 g/mol. The van der Waals surface area contributed by atoms with E-state index in [4.69, 9.17) is 14.2 Å². The number of hydrogen-bond acceptors (Lipinski definition) is 4. The zero-order valence-corrected chi connectivity index (χ0v) is 17.3. The molecule has 1 unspecified atom stereocenters. The smallest absolute Gasteiger partial charge is 0.166 e. The second kappa shape index (κ2) is 10.8. The first-order valence-electron chi connectivity index (χ1n) is 8.61. The normalized spacial score (nSPS) is 16.2. The molecule has 1 N–H and O–H groups in total. The molecule has 3 rings (SSSR count). The Kier molecular flexibility index (Phi) is 8.72. The minimum atomic E-state index is 0. The summed E-state index contributed by atoms with van der Waals surface area (Å²) in [6.07, 6.45) is 2.61. The molecule has 1 aliphatic heterocycles. The summed E-state index contributed by atoms with van der Waals surface area (Å²) in [6, 6.07) is 14.2. The first-order chi connectivity index (χ1) is 12.3. The lowest BCUT2D eigenvalue weighted by Gasteiger charge is -2.17. The molecular formula is C20H25BrClNO3. The highest BCUT2D eigenvalue weighted by atomic mass is 79.9. The highest BCUT2D eigenvalue weighted by Crippen LogP contribution is 2.35. The van der Waals surface area contributed by atoms with Crippen LogP contribution in [0.2, 0.25) is 0 Å². The maximum absolute atomic E-state index is 6.11. The van der Waals surface area contributed by atoms with Crippen molar-refractivity contribution in [3.63, 3.8) is 0 Å². The van der Waals surface area contributed by atoms with Crippen LogP contribution in [0.1, 0.15) is 24.0 Å². The first kappa shape index (κ1) is 21.0. The molecule has 1 heterocycles. The quantitative estimate of drug-likeness (QED) is 0.642. The SMILES string of the molecule is COc1cc(Br)cc(CNCC2CCCO2)c1OCc1ccccc1.Cl. The monoisotopic (exact) mass is 441 g/mol. The van der Waals surface area contributed by atoms with Crippen LogP contribution in [0.3, 0.4) is 0 Å². The van der Waals surface area contributed by atoms with Crippen molar-refractivity contribution in [2.75, 3.05) is 20.3 Å². The largest absolute Gasteiger partial charge is 0.493 e. The van der Waals surface area contributed by atoms with Gasteiger partial charge >= 0.3 is 0 Å². The second-order valence-electron chi connectivity index (χ2n) is 6.14. The van der Waals surface area contributed by atoms with Crippen molar-refractivity contribution < 1.29 is 14.2 Å². The van der Waals surface area contributed by atoms with Gasteiger partial charge in [-0.1, -0.05) is 46.3 Å². The van der Waals surface area contributed by atoms with E-state index in [9.17, 15) is 0 Å². The van der Waals surface area contributed by atoms with E-state index in [2.05, 4.69) is 39.4 Å². The number of benzene rings is 2. The van der Waals surface area contributed by atoms with Gasteiger partial charge in [-0.15, -0.1) is 12.4 Å². The fourth-order valence-corrected chi connectivity index (χ4v) is 3.46. The van der Waals surface area contributed by atoms with Crippen molar-refractivity contribution in [2.45, 2.75) is 32.1 Å². The lowest BCUT2D eigenvalue weighted by atomic mass is 10.1. The minimum absolute atomic E-state index is 0. The molecule has 26 heavy (non-hydrogen) atoms. The molecule has 1 atom stereocenters. The molecule has 0 bridgehead atoms. The van der Waals surface area contributed by atoms with Gasteiger partial charge in [0.25, 0.3) is 0 Å². The Labute approximate surface area is 169 Å². The molecule has 2 aromatic carbocycles. The molecule has 0 spiro atoms. The third kappa shape index (κ3) is 5.88. The van der Waals surface area contributed by atoms with Crippen LogP contribution in [0.5, 0.6) is 11.5 Å². The predicted molar refractivity (Wildman–Crippen MR) is 109 cm³/mol. The van der Waals surface area contributed by atoms with E-state index in [-0.39, 0.29) is 12.4 Å². The highest BCUT2D eigenvalue weighted by molar-refractivity contribution is 9.10. The number of rotatable bonds is 8. The Morgan fingerprint density at radius 3 is 2.73 bits per heavy atom. The number of halogens is 2. The number of ether oxygens (including phenoxy) is 3. The van der Waals surface area contributed by atoms with E-state index in [1.54, 1.807) is 7.11 Å². The molecule has 0 aliphatic carbocycles. The summed E-state index contributed by atoms with van der Waals surface area (Å²) in [5, 5.41) is 3.48. The molecule has 6 heteroatoms. The standard InChI is InChI=1S/C20H24BrNO3.ClH/c1-23-19-11-17(21)10-16(12-22-13-18-8-5-9-24-18)20(19)25-14-15-6-3-2-4-7-15;/h2-4,6-7,10-11,18,22H,5,8-9,12-14H2,1H3;1H. The van der Waals surface area contributed by atoms with Gasteiger partial charge in [0, 0.05) is 29.7 Å². The molecule has 0 saturated carbocycles. The van der Waals surface area contributed by atoms with Gasteiger partial charge < -0.3 is 19.5 Å². The van der Waals surface area contributed by atoms with E-state index < -0.39 is 0 Å². The summed E-state index contributed by atoms with van der Waals surface area (Å²) in [6.45, 7) is 2.95. The Hall–Kier alpha value is -1.27. The Balaban J connectivity index is 0.00000243. The van der Waals surface area contributed by atoms with Gasteiger partial charge in [-0.05, 0) is 30.5 Å². The van der Waals surface area contributed by atoms with Crippen molar-refractivity contribution in [1.29, 1.82) is 0 Å². The molecule has 0 radical (unpaired) electrons. The number of methoxy groups -OCH3 is 1. The summed E-state index contributed by atoms with van der Waals surface area (Å²) in [7, 11) is 1.67. The average Bonchev–Trinajstić information content (AvgIpc) is 3.14. The third-order valence-electron chi connectivity index (χ3n) is 4.25. The summed E-state index contributed by atoms with van der Waals surface area (Å²) in [5.41, 5.74) is 2.20. The van der Waals surface area contributed by atoms with Crippen molar-refractivity contribution in [2.24, 2.45) is 0 Å². The van der Waals surface area contributed by atoms with Gasteiger partial charge in [0.05, 0.1) is 13.2 Å². The third-order valence-corrected chi connectivity index (χ3v) is 4.71. The molecular weight excluding hydrogens is 418 g/mol. The van der Waals surface area contributed by atoms with Crippen LogP contribution in [0, 0.1) is 0 Å². The lowest BCUT2D eigenvalue weighted by Crippen LogP contribution is -2.26. The fraction of sp³-hybridized carbons (Fsp3) is 0.400. The zero-order valence-electron chi connectivity index (χ0n) is 14.9. The van der Waals surface area contributed by atoms with Crippen LogP contribution >= 0.6 is 28.3 Å². The van der Waals surface area contributed by atoms with E-state index >= 15 is 0 Å². The second-order valence-corrected chi connectivity index (χ2v) is 7.05. The van der Waals surface area contributed by atoms with Crippen molar-refractivity contribution in [3.05, 3.63) is 58.1 Å². The van der Waals surface area contributed by atoms with Crippen LogP contribution in [0.15, 0.2) is 46.9 Å². The van der Waals surface area contributed by atoms with E-state index in [0.29, 0.717) is 19.3 Å². The van der Waals surface area contributed by atoms with Gasteiger partial charge in [0.15, 0.2) is 11.5 Å². The number of nitrogens with one attached hydrogen (secondary N) is 1. The van der Waals surface area contributed by atoms with Crippen LogP contribution in [-0.4, -0.2) is 26.4 Å². The summed E-state index contributed by atoms with van der Waals surface area (Å²) >= 11 is 3.55. The number of hydrogen-bond donors (Lipinski definition) is 1. The molecule has 2 aromatic rings. The van der Waals surface area contributed by atoms with E-state index in [1.807, 2.05) is 24.3 Å². The minimum Gasteiger partial charge on any atom is -0.493 e. The van der Waals surface area contributed by atoms with Crippen molar-refractivity contribution >= 4 is 28.3 Å². The molecule has 0 amide bonds. The summed E-state index contributed by atoms with van der Waals surface area (Å²) in [4.78, 5) is 0. The van der Waals surface area contributed by atoms with Crippen LogP contribution < -0.4 is 14.8 Å². The van der Waals surface area contributed by atoms with Gasteiger partial charge in [0.1, 0.15) is 6.61 Å². The van der Waals surface area contributed by atoms with E-state index in [1.165, 1.54) is 0 Å². The van der Waals surface area contributed by atoms with Crippen molar-refractivity contribution in [3.8, 4) is 11.5 Å². The van der Waals surface area contributed by atoms with Crippen LogP contribution in [-0.2, 0) is 17.9 Å². The molecule has 1 fully saturated rings. The highest BCUT2D eigenvalue weighted by Gasteiger charge is 2.17. The lowest BCUT2D eigenvalue weighted by molar-refractivity contribution is 0.110. The zero-order chi connectivity index (χ0) is 17.5. The topological polar surface area (TPSA) is 39.7 Å². The van der Waals surface area contributed by atoms with Gasteiger partial charge in [-0.2, -0.15) is 0 Å². The van der Waals surface area contributed by atoms with Crippen LogP contribution in [0.4, 0.5) is 0 Å². The van der Waals surface area contributed by atoms with Gasteiger partial charge in [-0.25, -0.2) is 0 Å². The maximum Gasteiger partial charge on any atom is 0.166 e. The van der Waals surface area contributed by atoms with Gasteiger partial charge in [0.2, 0.25) is 0 Å². The maximum atomic E-state index is 6.11. The van der Waals surface area contributed by atoms with Crippen LogP contribution in [0.25, 0.3) is 0 Å². The molecule has 4 nitrogen and oxygen atoms in total. The van der Waals surface area contributed by atoms with E-state index in [0.717, 1.165) is 53.1 Å².